The van der Waals surface area contributed by atoms with Crippen LogP contribution in [0.25, 0.3) is 0 Å². The van der Waals surface area contributed by atoms with E-state index in [1.54, 1.807) is 7.11 Å². The number of ether oxygens (including phenoxy) is 1. The van der Waals surface area contributed by atoms with Gasteiger partial charge >= 0.3 is 0 Å². The first kappa shape index (κ1) is 15.8. The normalized spacial score (nSPS) is 12.5. The van der Waals surface area contributed by atoms with Gasteiger partial charge in [-0.05, 0) is 12.3 Å². The molecule has 0 spiro atoms. The van der Waals surface area contributed by atoms with E-state index in [0.29, 0.717) is 22.7 Å². The van der Waals surface area contributed by atoms with Gasteiger partial charge in [0.1, 0.15) is 0 Å². The minimum Gasteiger partial charge on any atom is -0.383 e. The second-order valence-electron chi connectivity index (χ2n) is 4.62. The number of rotatable bonds is 8. The number of amides is 1. The number of nitrogens with one attached hydrogen (secondary N) is 2. The Morgan fingerprint density at radius 2 is 2.16 bits per heavy atom. The number of carbonyl (C=O) groups excluding carboxylic acids is 1. The molecule has 108 valence electrons. The molecule has 0 aliphatic heterocycles. The number of nitrogens with zero attached hydrogens (tertiary/aromatic N) is 2. The monoisotopic (exact) mass is 286 g/mol. The van der Waals surface area contributed by atoms with Crippen molar-refractivity contribution in [3.8, 4) is 0 Å². The van der Waals surface area contributed by atoms with Crippen LogP contribution in [0.3, 0.4) is 0 Å². The molecule has 0 bridgehead atoms. The molecule has 19 heavy (non-hydrogen) atoms. The van der Waals surface area contributed by atoms with Crippen molar-refractivity contribution < 1.29 is 9.53 Å². The smallest absolute Gasteiger partial charge is 0.282 e. The molecule has 0 aromatic carbocycles. The van der Waals surface area contributed by atoms with Crippen LogP contribution in [-0.2, 0) is 4.74 Å². The van der Waals surface area contributed by atoms with Gasteiger partial charge in [0.05, 0.1) is 12.6 Å². The van der Waals surface area contributed by atoms with Gasteiger partial charge in [-0.3, -0.25) is 4.79 Å². The topological polar surface area (TPSA) is 76.1 Å². The van der Waals surface area contributed by atoms with Crippen LogP contribution in [0.15, 0.2) is 0 Å². The minimum absolute atomic E-state index is 0.0200. The zero-order chi connectivity index (χ0) is 14.3. The Morgan fingerprint density at radius 1 is 1.42 bits per heavy atom. The Hall–Kier alpha value is -1.21. The lowest BCUT2D eigenvalue weighted by molar-refractivity contribution is 0.0865. The number of anilines is 1. The summed E-state index contributed by atoms with van der Waals surface area (Å²) in [5, 5.41) is 14.9. The highest BCUT2D eigenvalue weighted by atomic mass is 32.1. The molecule has 1 amide bonds. The summed E-state index contributed by atoms with van der Waals surface area (Å²) in [5.74, 6) is 0.104. The Morgan fingerprint density at radius 3 is 2.74 bits per heavy atom. The quantitative estimate of drug-likeness (QED) is 0.761. The van der Waals surface area contributed by atoms with Crippen LogP contribution in [-0.4, -0.2) is 42.4 Å². The standard InChI is InChI=1S/C12H22N4O2S/c1-5-6-13-12-16-15-11(19-12)10(17)14-9(7-18-4)8(2)3/h8-9H,5-7H2,1-4H3,(H,13,16)(H,14,17). The Kier molecular flexibility index (Phi) is 6.72. The van der Waals surface area contributed by atoms with E-state index in [2.05, 4.69) is 27.8 Å². The Balaban J connectivity index is 2.58. The molecule has 7 heteroatoms. The molecule has 0 saturated heterocycles. The largest absolute Gasteiger partial charge is 0.383 e. The van der Waals surface area contributed by atoms with Gasteiger partial charge in [-0.15, -0.1) is 10.2 Å². The fourth-order valence-corrected chi connectivity index (χ4v) is 2.10. The third kappa shape index (κ3) is 5.12. The molecule has 0 aliphatic rings. The lowest BCUT2D eigenvalue weighted by Gasteiger charge is -2.20. The van der Waals surface area contributed by atoms with Crippen molar-refractivity contribution in [3.05, 3.63) is 5.01 Å². The maximum absolute atomic E-state index is 12.0. The van der Waals surface area contributed by atoms with Crippen LogP contribution in [0.4, 0.5) is 5.13 Å². The number of hydrogen-bond donors (Lipinski definition) is 2. The predicted molar refractivity (Wildman–Crippen MR) is 76.7 cm³/mol. The minimum atomic E-state index is -0.196. The molecule has 6 nitrogen and oxygen atoms in total. The van der Waals surface area contributed by atoms with Crippen molar-refractivity contribution in [3.63, 3.8) is 0 Å². The van der Waals surface area contributed by atoms with Crippen molar-refractivity contribution in [2.75, 3.05) is 25.6 Å². The third-order valence-corrected chi connectivity index (χ3v) is 3.49. The fraction of sp³-hybridized carbons (Fsp3) is 0.750. The average molecular weight is 286 g/mol. The zero-order valence-corrected chi connectivity index (χ0v) is 12.7. The van der Waals surface area contributed by atoms with Crippen molar-refractivity contribution in [2.45, 2.75) is 33.2 Å². The van der Waals surface area contributed by atoms with Gasteiger partial charge in [0.15, 0.2) is 0 Å². The Labute approximate surface area is 118 Å². The first-order valence-corrected chi connectivity index (χ1v) is 7.27. The molecule has 1 unspecified atom stereocenters. The second-order valence-corrected chi connectivity index (χ2v) is 5.60. The van der Waals surface area contributed by atoms with Crippen molar-refractivity contribution in [1.82, 2.24) is 15.5 Å². The van der Waals surface area contributed by atoms with Gasteiger partial charge in [-0.1, -0.05) is 32.1 Å². The van der Waals surface area contributed by atoms with Crippen LogP contribution in [0.2, 0.25) is 0 Å². The summed E-state index contributed by atoms with van der Waals surface area (Å²) in [5.41, 5.74) is 0. The third-order valence-electron chi connectivity index (χ3n) is 2.61. The van der Waals surface area contributed by atoms with Gasteiger partial charge < -0.3 is 15.4 Å². The van der Waals surface area contributed by atoms with E-state index < -0.39 is 0 Å². The molecule has 1 heterocycles. The van der Waals surface area contributed by atoms with E-state index in [-0.39, 0.29) is 11.9 Å². The van der Waals surface area contributed by atoms with Gasteiger partial charge in [0.25, 0.3) is 5.91 Å². The summed E-state index contributed by atoms with van der Waals surface area (Å²) in [4.78, 5) is 12.0. The molecule has 0 radical (unpaired) electrons. The number of methoxy groups -OCH3 is 1. The maximum Gasteiger partial charge on any atom is 0.282 e. The molecule has 1 atom stereocenters. The second kappa shape index (κ2) is 8.06. The highest BCUT2D eigenvalue weighted by Gasteiger charge is 2.19. The van der Waals surface area contributed by atoms with Crippen LogP contribution < -0.4 is 10.6 Å². The molecule has 1 aromatic heterocycles. The number of aromatic nitrogens is 2. The van der Waals surface area contributed by atoms with Gasteiger partial charge in [0, 0.05) is 13.7 Å². The molecule has 0 fully saturated rings. The van der Waals surface area contributed by atoms with E-state index in [1.807, 2.05) is 13.8 Å². The van der Waals surface area contributed by atoms with Crippen LogP contribution >= 0.6 is 11.3 Å². The molecule has 1 rings (SSSR count). The van der Waals surface area contributed by atoms with E-state index in [1.165, 1.54) is 11.3 Å². The Bertz CT molecular complexity index is 395. The average Bonchev–Trinajstić information content (AvgIpc) is 2.84. The summed E-state index contributed by atoms with van der Waals surface area (Å²) in [6, 6.07) is -0.0200. The summed E-state index contributed by atoms with van der Waals surface area (Å²) in [6.45, 7) is 7.47. The van der Waals surface area contributed by atoms with Crippen molar-refractivity contribution in [1.29, 1.82) is 0 Å². The molecular weight excluding hydrogens is 264 g/mol. The lowest BCUT2D eigenvalue weighted by atomic mass is 10.1. The maximum atomic E-state index is 12.0. The van der Waals surface area contributed by atoms with Crippen molar-refractivity contribution in [2.24, 2.45) is 5.92 Å². The molecule has 2 N–H and O–H groups in total. The lowest BCUT2D eigenvalue weighted by Crippen LogP contribution is -2.41. The van der Waals surface area contributed by atoms with Gasteiger partial charge in [-0.2, -0.15) is 0 Å². The first-order valence-electron chi connectivity index (χ1n) is 6.45. The predicted octanol–water partition coefficient (Wildman–Crippen LogP) is 1.76. The van der Waals surface area contributed by atoms with Gasteiger partial charge in [-0.25, -0.2) is 0 Å². The molecular formula is C12H22N4O2S. The molecule has 0 aliphatic carbocycles. The van der Waals surface area contributed by atoms with Gasteiger partial charge in [0.2, 0.25) is 10.1 Å². The molecule has 1 aromatic rings. The highest BCUT2D eigenvalue weighted by Crippen LogP contribution is 2.15. The summed E-state index contributed by atoms with van der Waals surface area (Å²) in [7, 11) is 1.62. The number of carbonyl (C=O) groups is 1. The number of hydrogen-bond acceptors (Lipinski definition) is 6. The fourth-order valence-electron chi connectivity index (χ4n) is 1.43. The molecule has 0 saturated carbocycles. The zero-order valence-electron chi connectivity index (χ0n) is 11.9. The van der Waals surface area contributed by atoms with E-state index in [0.717, 1.165) is 13.0 Å². The SMILES string of the molecule is CCCNc1nnc(C(=O)NC(COC)C(C)C)s1. The van der Waals surface area contributed by atoms with E-state index >= 15 is 0 Å². The van der Waals surface area contributed by atoms with Crippen molar-refractivity contribution >= 4 is 22.4 Å². The van der Waals surface area contributed by atoms with E-state index in [4.69, 9.17) is 4.74 Å². The van der Waals surface area contributed by atoms with Crippen LogP contribution in [0, 0.1) is 5.92 Å². The summed E-state index contributed by atoms with van der Waals surface area (Å²) < 4.78 is 5.10. The summed E-state index contributed by atoms with van der Waals surface area (Å²) in [6.07, 6.45) is 1.00. The first-order chi connectivity index (χ1) is 9.08. The van der Waals surface area contributed by atoms with E-state index in [9.17, 15) is 4.79 Å². The summed E-state index contributed by atoms with van der Waals surface area (Å²) >= 11 is 1.27. The van der Waals surface area contributed by atoms with Crippen LogP contribution in [0.1, 0.15) is 37.0 Å². The van der Waals surface area contributed by atoms with Crippen LogP contribution in [0.5, 0.6) is 0 Å². The highest BCUT2D eigenvalue weighted by molar-refractivity contribution is 7.17.